The van der Waals surface area contributed by atoms with Gasteiger partial charge < -0.3 is 14.2 Å². The minimum atomic E-state index is -0.127. The molecular formula is C74H47BN2O. The Labute approximate surface area is 453 Å². The van der Waals surface area contributed by atoms with Crippen molar-refractivity contribution in [3.05, 3.63) is 285 Å². The lowest BCUT2D eigenvalue weighted by molar-refractivity contribution is 0.669. The van der Waals surface area contributed by atoms with Gasteiger partial charge in [-0.3, -0.25) is 0 Å². The summed E-state index contributed by atoms with van der Waals surface area (Å²) in [6, 6.07) is 105. The van der Waals surface area contributed by atoms with E-state index < -0.39 is 0 Å². The fourth-order valence-electron chi connectivity index (χ4n) is 12.8. The van der Waals surface area contributed by atoms with Crippen molar-refractivity contribution in [3.63, 3.8) is 0 Å². The van der Waals surface area contributed by atoms with E-state index in [0.717, 1.165) is 89.4 Å². The zero-order chi connectivity index (χ0) is 51.3. The smallest absolute Gasteiger partial charge is 0.252 e. The lowest BCUT2D eigenvalue weighted by atomic mass is 9.33. The van der Waals surface area contributed by atoms with Crippen LogP contribution in [0.4, 0.5) is 34.1 Å². The molecule has 362 valence electrons. The molecule has 0 N–H and O–H groups in total. The van der Waals surface area contributed by atoms with Crippen LogP contribution in [0.25, 0.3) is 99.1 Å². The van der Waals surface area contributed by atoms with Gasteiger partial charge in [-0.1, -0.05) is 212 Å². The number of benzene rings is 13. The minimum absolute atomic E-state index is 0.127. The maximum Gasteiger partial charge on any atom is 0.252 e. The molecule has 0 saturated carbocycles. The third-order valence-electron chi connectivity index (χ3n) is 16.3. The Morgan fingerprint density at radius 3 is 1.10 bits per heavy atom. The van der Waals surface area contributed by atoms with E-state index in [1.165, 1.54) is 60.2 Å². The van der Waals surface area contributed by atoms with Gasteiger partial charge in [-0.2, -0.15) is 0 Å². The van der Waals surface area contributed by atoms with E-state index in [9.17, 15) is 0 Å². The Kier molecular flexibility index (Phi) is 10.0. The molecule has 2 aliphatic rings. The van der Waals surface area contributed by atoms with Gasteiger partial charge >= 0.3 is 0 Å². The van der Waals surface area contributed by atoms with Crippen LogP contribution in [0.2, 0.25) is 0 Å². The maximum atomic E-state index is 6.67. The van der Waals surface area contributed by atoms with Gasteiger partial charge in [-0.25, -0.2) is 0 Å². The SMILES string of the molecule is c1ccc(-c2cc(-c3ccccc3)cc(N3c4cc5ccccc5cc4B4c5cc6ccccc6cc5N(c5cc(-c6ccccc6)cc(-c6ccccc6)c5)c5cc(-c6cccc7oc8ccccc8c67)cc3c54)c2)cc1. The van der Waals surface area contributed by atoms with Crippen LogP contribution >= 0.6 is 0 Å². The van der Waals surface area contributed by atoms with E-state index >= 15 is 0 Å². The van der Waals surface area contributed by atoms with Gasteiger partial charge in [-0.05, 0) is 166 Å². The molecule has 0 saturated heterocycles. The van der Waals surface area contributed by atoms with Crippen molar-refractivity contribution in [2.75, 3.05) is 9.80 Å². The third kappa shape index (κ3) is 7.15. The summed E-state index contributed by atoms with van der Waals surface area (Å²) >= 11 is 0. The first-order valence-electron chi connectivity index (χ1n) is 26.9. The Bertz CT molecular complexity index is 4330. The molecule has 3 heterocycles. The average molecular weight is 991 g/mol. The summed E-state index contributed by atoms with van der Waals surface area (Å²) in [6.07, 6.45) is 0. The van der Waals surface area contributed by atoms with E-state index in [-0.39, 0.29) is 6.71 Å². The number of hydrogen-bond donors (Lipinski definition) is 0. The topological polar surface area (TPSA) is 19.6 Å². The summed E-state index contributed by atoms with van der Waals surface area (Å²) in [4.78, 5) is 5.18. The normalized spacial score (nSPS) is 12.5. The summed E-state index contributed by atoms with van der Waals surface area (Å²) in [7, 11) is 0. The van der Waals surface area contributed by atoms with Gasteiger partial charge in [-0.15, -0.1) is 0 Å². The maximum absolute atomic E-state index is 6.67. The van der Waals surface area contributed by atoms with Crippen LogP contribution in [0.5, 0.6) is 0 Å². The third-order valence-corrected chi connectivity index (χ3v) is 16.3. The Morgan fingerprint density at radius 1 is 0.269 bits per heavy atom. The number of furan rings is 1. The Balaban J connectivity index is 1.07. The first-order valence-corrected chi connectivity index (χ1v) is 26.9. The molecule has 78 heavy (non-hydrogen) atoms. The minimum Gasteiger partial charge on any atom is -0.456 e. The number of hydrogen-bond acceptors (Lipinski definition) is 3. The number of fused-ring (bicyclic) bond motifs is 9. The summed E-state index contributed by atoms with van der Waals surface area (Å²) in [5, 5.41) is 7.02. The predicted molar refractivity (Wildman–Crippen MR) is 330 cm³/mol. The highest BCUT2D eigenvalue weighted by Crippen LogP contribution is 2.50. The zero-order valence-corrected chi connectivity index (χ0v) is 42.5. The monoisotopic (exact) mass is 990 g/mol. The Morgan fingerprint density at radius 2 is 0.654 bits per heavy atom. The van der Waals surface area contributed by atoms with Gasteiger partial charge in [0.25, 0.3) is 6.71 Å². The fraction of sp³-hybridized carbons (Fsp3) is 0. The van der Waals surface area contributed by atoms with E-state index in [2.05, 4.69) is 295 Å². The van der Waals surface area contributed by atoms with Crippen molar-refractivity contribution in [3.8, 4) is 55.6 Å². The first kappa shape index (κ1) is 44.2. The summed E-state index contributed by atoms with van der Waals surface area (Å²) in [5.41, 5.74) is 23.8. The number of anilines is 6. The molecule has 0 fully saturated rings. The molecule has 0 aliphatic carbocycles. The second-order valence-electron chi connectivity index (χ2n) is 20.8. The van der Waals surface area contributed by atoms with E-state index in [1.807, 2.05) is 0 Å². The second kappa shape index (κ2) is 17.7. The molecule has 1 aromatic heterocycles. The molecule has 0 spiro atoms. The summed E-state index contributed by atoms with van der Waals surface area (Å²) in [5.74, 6) is 0. The lowest BCUT2D eigenvalue weighted by Crippen LogP contribution is -2.61. The van der Waals surface area contributed by atoms with Crippen LogP contribution in [0.3, 0.4) is 0 Å². The molecule has 0 bridgehead atoms. The highest BCUT2D eigenvalue weighted by molar-refractivity contribution is 7.00. The van der Waals surface area contributed by atoms with Gasteiger partial charge in [0.05, 0.1) is 0 Å². The van der Waals surface area contributed by atoms with E-state index in [4.69, 9.17) is 4.42 Å². The molecule has 4 heteroatoms. The molecule has 16 rings (SSSR count). The fourth-order valence-corrected chi connectivity index (χ4v) is 12.8. The summed E-state index contributed by atoms with van der Waals surface area (Å²) in [6.45, 7) is -0.127. The molecule has 0 unspecified atom stereocenters. The average Bonchev–Trinajstić information content (AvgIpc) is 4.01. The quantitative estimate of drug-likeness (QED) is 0.148. The van der Waals surface area contributed by atoms with Crippen LogP contribution in [-0.2, 0) is 0 Å². The first-order chi connectivity index (χ1) is 38.6. The Hall–Kier alpha value is -10.2. The van der Waals surface area contributed by atoms with Gasteiger partial charge in [0.15, 0.2) is 0 Å². The molecule has 3 nitrogen and oxygen atoms in total. The van der Waals surface area contributed by atoms with Crippen molar-refractivity contribution < 1.29 is 4.42 Å². The predicted octanol–water partition coefficient (Wildman–Crippen LogP) is 18.3. The van der Waals surface area contributed by atoms with Crippen LogP contribution in [0.1, 0.15) is 0 Å². The van der Waals surface area contributed by atoms with Crippen LogP contribution in [0.15, 0.2) is 290 Å². The molecule has 0 radical (unpaired) electrons. The molecule has 2 aliphatic heterocycles. The standard InChI is InChI=1S/C74H47BN2O/c1-5-20-48(21-6-1)56-36-57(49-22-7-2-8-23-49)39-61(38-56)76-67-44-54-30-15-13-28-52(54)42-65(67)75-66-43-53-29-14-16-31-55(53)45-68(66)77(62-40-58(50-24-9-3-10-25-50)37-59(41-62)51-26-11-4-12-27-51)70-47-60(46-69(76)74(70)75)63-33-19-35-72-73(63)64-32-17-18-34-71(64)78-72/h1-47H. The van der Waals surface area contributed by atoms with Crippen molar-refractivity contribution in [2.45, 2.75) is 0 Å². The van der Waals surface area contributed by atoms with Crippen LogP contribution in [-0.4, -0.2) is 6.71 Å². The van der Waals surface area contributed by atoms with Crippen LogP contribution in [0, 0.1) is 0 Å². The van der Waals surface area contributed by atoms with Crippen molar-refractivity contribution in [2.24, 2.45) is 0 Å². The van der Waals surface area contributed by atoms with Gasteiger partial charge in [0, 0.05) is 44.9 Å². The molecular weight excluding hydrogens is 944 g/mol. The van der Waals surface area contributed by atoms with E-state index in [0.29, 0.717) is 0 Å². The molecule has 0 amide bonds. The number of rotatable bonds is 7. The van der Waals surface area contributed by atoms with Crippen molar-refractivity contribution in [1.82, 2.24) is 0 Å². The summed E-state index contributed by atoms with van der Waals surface area (Å²) < 4.78 is 6.67. The van der Waals surface area contributed by atoms with Gasteiger partial charge in [0.2, 0.25) is 0 Å². The number of nitrogens with zero attached hydrogens (tertiary/aromatic N) is 2. The molecule has 0 atom stereocenters. The van der Waals surface area contributed by atoms with Crippen molar-refractivity contribution in [1.29, 1.82) is 0 Å². The highest BCUT2D eigenvalue weighted by atomic mass is 16.3. The highest BCUT2D eigenvalue weighted by Gasteiger charge is 2.44. The number of para-hydroxylation sites is 1. The van der Waals surface area contributed by atoms with Gasteiger partial charge in [0.1, 0.15) is 11.2 Å². The molecule has 14 aromatic rings. The largest absolute Gasteiger partial charge is 0.456 e. The lowest BCUT2D eigenvalue weighted by Gasteiger charge is -2.45. The van der Waals surface area contributed by atoms with Crippen molar-refractivity contribution >= 4 is 101 Å². The van der Waals surface area contributed by atoms with Crippen LogP contribution < -0.4 is 26.2 Å². The second-order valence-corrected chi connectivity index (χ2v) is 20.8. The van der Waals surface area contributed by atoms with E-state index in [1.54, 1.807) is 0 Å². The zero-order valence-electron chi connectivity index (χ0n) is 42.5. The molecule has 13 aromatic carbocycles.